The normalized spacial score (nSPS) is 16.1. The van der Waals surface area contributed by atoms with E-state index in [1.54, 1.807) is 6.07 Å². The van der Waals surface area contributed by atoms with Gasteiger partial charge in [-0.1, -0.05) is 6.07 Å². The second kappa shape index (κ2) is 10.2. The number of nitrogens with zero attached hydrogens (tertiary/aromatic N) is 3. The molecule has 1 amide bonds. The van der Waals surface area contributed by atoms with Crippen molar-refractivity contribution in [3.8, 4) is 22.3 Å². The molecule has 2 aliphatic heterocycles. The predicted octanol–water partition coefficient (Wildman–Crippen LogP) is 3.19. The van der Waals surface area contributed by atoms with Gasteiger partial charge in [0, 0.05) is 76.4 Å². The minimum atomic E-state index is -0.792. The largest absolute Gasteiger partial charge is 0.383 e. The van der Waals surface area contributed by atoms with E-state index in [0.717, 1.165) is 11.3 Å². The number of nitrogen functional groups attached to an aromatic ring is 1. The zero-order valence-electron chi connectivity index (χ0n) is 20.8. The highest BCUT2D eigenvalue weighted by Crippen LogP contribution is 2.36. The van der Waals surface area contributed by atoms with Gasteiger partial charge in [-0.2, -0.15) is 4.39 Å². The Balaban J connectivity index is 1.58. The van der Waals surface area contributed by atoms with E-state index in [1.165, 1.54) is 12.1 Å². The van der Waals surface area contributed by atoms with Crippen molar-refractivity contribution < 1.29 is 17.8 Å². The van der Waals surface area contributed by atoms with Gasteiger partial charge in [-0.25, -0.2) is 9.37 Å². The summed E-state index contributed by atoms with van der Waals surface area (Å²) in [7, 11) is 3.13. The van der Waals surface area contributed by atoms with E-state index in [1.807, 2.05) is 37.2 Å². The lowest BCUT2D eigenvalue weighted by molar-refractivity contribution is 0.0945. The highest BCUT2D eigenvalue weighted by Gasteiger charge is 2.23. The third-order valence-corrected chi connectivity index (χ3v) is 8.08. The number of halogens is 2. The van der Waals surface area contributed by atoms with Gasteiger partial charge in [0.05, 0.1) is 0 Å². The average Bonchev–Trinajstić information content (AvgIpc) is 2.85. The number of benzene rings is 2. The molecule has 3 aromatic rings. The summed E-state index contributed by atoms with van der Waals surface area (Å²) in [6.07, 6.45) is 0.565. The summed E-state index contributed by atoms with van der Waals surface area (Å²) in [5.41, 5.74) is 10.4. The van der Waals surface area contributed by atoms with Crippen molar-refractivity contribution in [1.82, 2.24) is 15.2 Å². The first-order valence-electron chi connectivity index (χ1n) is 12.2. The van der Waals surface area contributed by atoms with Crippen molar-refractivity contribution >= 4 is 28.2 Å². The molecule has 194 valence electrons. The van der Waals surface area contributed by atoms with Crippen LogP contribution < -0.4 is 16.0 Å². The molecular weight excluding hydrogens is 496 g/mol. The molecule has 7 nitrogen and oxygen atoms in total. The van der Waals surface area contributed by atoms with Crippen LogP contribution in [0.4, 0.5) is 20.3 Å². The van der Waals surface area contributed by atoms with Crippen LogP contribution in [0, 0.1) is 11.8 Å². The molecule has 0 spiro atoms. The molecule has 0 bridgehead atoms. The number of aromatic nitrogens is 1. The monoisotopic (exact) mass is 525 g/mol. The fourth-order valence-corrected chi connectivity index (χ4v) is 6.03. The van der Waals surface area contributed by atoms with Crippen molar-refractivity contribution in [2.24, 2.45) is 0 Å². The Labute approximate surface area is 217 Å². The van der Waals surface area contributed by atoms with Crippen molar-refractivity contribution in [3.05, 3.63) is 64.9 Å². The molecule has 3 heterocycles. The Hall–Kier alpha value is -3.37. The van der Waals surface area contributed by atoms with E-state index in [-0.39, 0.29) is 28.4 Å². The third kappa shape index (κ3) is 5.08. The zero-order valence-corrected chi connectivity index (χ0v) is 21.6. The van der Waals surface area contributed by atoms with Crippen LogP contribution in [-0.2, 0) is 23.8 Å². The van der Waals surface area contributed by atoms with Gasteiger partial charge in [-0.3, -0.25) is 9.00 Å². The minimum absolute atomic E-state index is 0.119. The van der Waals surface area contributed by atoms with E-state index in [4.69, 9.17) is 5.73 Å². The maximum atomic E-state index is 15.2. The molecule has 0 atom stereocenters. The van der Waals surface area contributed by atoms with Gasteiger partial charge in [0.1, 0.15) is 11.6 Å². The van der Waals surface area contributed by atoms with Crippen LogP contribution in [0.1, 0.15) is 21.5 Å². The first kappa shape index (κ1) is 25.3. The van der Waals surface area contributed by atoms with Gasteiger partial charge in [-0.05, 0) is 67.5 Å². The maximum Gasteiger partial charge on any atom is 0.251 e. The maximum absolute atomic E-state index is 15.2. The van der Waals surface area contributed by atoms with Crippen molar-refractivity contribution in [2.75, 3.05) is 55.9 Å². The summed E-state index contributed by atoms with van der Waals surface area (Å²) in [5.74, 6) is -0.546. The van der Waals surface area contributed by atoms with E-state index in [0.29, 0.717) is 60.8 Å². The fraction of sp³-hybridized carbons (Fsp3) is 0.333. The standard InChI is InChI=1S/C27H29F2N5O2S/c1-33(2)15-18-11-16(3-4-24(18)34-7-9-37(36)10-8-34)19-13-22(26(30)32-25(19)29)21-12-17-5-6-31-27(35)20(17)14-23(21)28/h3-4,11-14H,5-10,15H2,1-2H3,(H2,30,32)(H,31,35). The molecule has 5 rings (SSSR count). The molecule has 1 saturated heterocycles. The smallest absolute Gasteiger partial charge is 0.251 e. The van der Waals surface area contributed by atoms with Gasteiger partial charge >= 0.3 is 0 Å². The van der Waals surface area contributed by atoms with Gasteiger partial charge in [0.15, 0.2) is 0 Å². The highest BCUT2D eigenvalue weighted by molar-refractivity contribution is 7.85. The molecule has 37 heavy (non-hydrogen) atoms. The quantitative estimate of drug-likeness (QED) is 0.498. The van der Waals surface area contributed by atoms with Crippen LogP contribution in [0.2, 0.25) is 0 Å². The Kier molecular flexibility index (Phi) is 6.96. The molecular formula is C27H29F2N5O2S. The highest BCUT2D eigenvalue weighted by atomic mass is 32.2. The van der Waals surface area contributed by atoms with Gasteiger partial charge in [0.2, 0.25) is 5.95 Å². The first-order chi connectivity index (χ1) is 17.7. The number of nitrogens with two attached hydrogens (primary N) is 1. The van der Waals surface area contributed by atoms with Gasteiger partial charge < -0.3 is 20.9 Å². The molecule has 0 saturated carbocycles. The number of pyridine rings is 1. The van der Waals surface area contributed by atoms with Crippen LogP contribution in [0.5, 0.6) is 0 Å². The molecule has 1 fully saturated rings. The SMILES string of the molecule is CN(C)Cc1cc(-c2cc(-c3cc4c(cc3F)C(=O)NCC4)c(N)nc2F)ccc1N1CCS(=O)CC1. The number of hydrogen-bond acceptors (Lipinski definition) is 6. The zero-order chi connectivity index (χ0) is 26.3. The number of amides is 1. The topological polar surface area (TPSA) is 91.6 Å². The second-order valence-corrected chi connectivity index (χ2v) is 11.4. The number of hydrogen-bond donors (Lipinski definition) is 2. The van der Waals surface area contributed by atoms with Crippen LogP contribution in [0.25, 0.3) is 22.3 Å². The molecule has 3 N–H and O–H groups in total. The Morgan fingerprint density at radius 3 is 2.54 bits per heavy atom. The fourth-order valence-electron chi connectivity index (χ4n) is 4.98. The average molecular weight is 526 g/mol. The number of fused-ring (bicyclic) bond motifs is 1. The lowest BCUT2D eigenvalue weighted by Crippen LogP contribution is -2.38. The van der Waals surface area contributed by atoms with Crippen LogP contribution in [0.15, 0.2) is 36.4 Å². The summed E-state index contributed by atoms with van der Waals surface area (Å²) in [5, 5.41) is 2.71. The van der Waals surface area contributed by atoms with Gasteiger partial charge in [0.25, 0.3) is 5.91 Å². The molecule has 0 radical (unpaired) electrons. The Morgan fingerprint density at radius 2 is 1.81 bits per heavy atom. The van der Waals surface area contributed by atoms with Crippen molar-refractivity contribution in [3.63, 3.8) is 0 Å². The molecule has 0 aliphatic carbocycles. The molecule has 1 aromatic heterocycles. The summed E-state index contributed by atoms with van der Waals surface area (Å²) in [4.78, 5) is 20.3. The molecule has 0 unspecified atom stereocenters. The van der Waals surface area contributed by atoms with Crippen LogP contribution in [-0.4, -0.2) is 65.2 Å². The molecule has 2 aliphatic rings. The van der Waals surface area contributed by atoms with E-state index >= 15 is 8.78 Å². The lowest BCUT2D eigenvalue weighted by atomic mass is 9.93. The van der Waals surface area contributed by atoms with E-state index < -0.39 is 22.6 Å². The predicted molar refractivity (Wildman–Crippen MR) is 143 cm³/mol. The third-order valence-electron chi connectivity index (χ3n) is 6.81. The second-order valence-electron chi connectivity index (χ2n) is 9.67. The lowest BCUT2D eigenvalue weighted by Gasteiger charge is -2.31. The molecule has 10 heteroatoms. The van der Waals surface area contributed by atoms with Crippen molar-refractivity contribution in [2.45, 2.75) is 13.0 Å². The van der Waals surface area contributed by atoms with Crippen LogP contribution in [0.3, 0.4) is 0 Å². The number of nitrogens with one attached hydrogen (secondary N) is 1. The number of carbonyl (C=O) groups is 1. The number of carbonyl (C=O) groups excluding carboxylic acids is 1. The Bertz CT molecular complexity index is 1400. The summed E-state index contributed by atoms with van der Waals surface area (Å²) in [6, 6.07) is 10.1. The summed E-state index contributed by atoms with van der Waals surface area (Å²) < 4.78 is 42.2. The number of rotatable bonds is 5. The number of anilines is 2. The van der Waals surface area contributed by atoms with Crippen LogP contribution >= 0.6 is 0 Å². The summed E-state index contributed by atoms with van der Waals surface area (Å²) in [6.45, 7) is 2.49. The first-order valence-corrected chi connectivity index (χ1v) is 13.6. The van der Waals surface area contributed by atoms with Crippen molar-refractivity contribution in [1.29, 1.82) is 0 Å². The Morgan fingerprint density at radius 1 is 1.05 bits per heavy atom. The minimum Gasteiger partial charge on any atom is -0.383 e. The van der Waals surface area contributed by atoms with E-state index in [9.17, 15) is 9.00 Å². The summed E-state index contributed by atoms with van der Waals surface area (Å²) >= 11 is 0. The van der Waals surface area contributed by atoms with Gasteiger partial charge in [-0.15, -0.1) is 0 Å². The van der Waals surface area contributed by atoms with E-state index in [2.05, 4.69) is 15.2 Å². The molecule has 2 aromatic carbocycles.